The number of hydrogen-bond acceptors (Lipinski definition) is 3. The molecule has 0 aromatic rings. The summed E-state index contributed by atoms with van der Waals surface area (Å²) in [5.74, 6) is 0. The molecule has 0 radical (unpaired) electrons. The Hall–Kier alpha value is -0.770. The predicted octanol–water partition coefficient (Wildman–Crippen LogP) is 3.41. The van der Waals surface area contributed by atoms with Crippen molar-refractivity contribution >= 4 is 6.09 Å². The first-order valence-electron chi connectivity index (χ1n) is 7.71. The molecule has 4 heteroatoms. The molecule has 1 aliphatic heterocycles. The van der Waals surface area contributed by atoms with Crippen LogP contribution in [0.2, 0.25) is 0 Å². The van der Waals surface area contributed by atoms with Crippen molar-refractivity contribution in [2.75, 3.05) is 13.1 Å². The summed E-state index contributed by atoms with van der Waals surface area (Å²) in [6.07, 6.45) is 1.81. The van der Waals surface area contributed by atoms with Crippen molar-refractivity contribution in [2.24, 2.45) is 5.41 Å². The van der Waals surface area contributed by atoms with E-state index in [1.807, 2.05) is 25.7 Å². The van der Waals surface area contributed by atoms with Crippen molar-refractivity contribution in [3.8, 4) is 0 Å². The van der Waals surface area contributed by atoms with E-state index < -0.39 is 5.60 Å². The van der Waals surface area contributed by atoms with Crippen LogP contribution in [-0.4, -0.2) is 41.8 Å². The first-order chi connectivity index (χ1) is 8.98. The van der Waals surface area contributed by atoms with E-state index in [0.717, 1.165) is 25.9 Å². The Balaban J connectivity index is 2.45. The lowest BCUT2D eigenvalue weighted by atomic mass is 9.94. The van der Waals surface area contributed by atoms with Gasteiger partial charge in [0.2, 0.25) is 0 Å². The minimum atomic E-state index is -0.419. The number of nitrogens with zero attached hydrogens (tertiary/aromatic N) is 1. The summed E-state index contributed by atoms with van der Waals surface area (Å²) in [5, 5.41) is 3.62. The number of rotatable bonds is 2. The molecule has 2 atom stereocenters. The highest BCUT2D eigenvalue weighted by atomic mass is 16.6. The molecule has 118 valence electrons. The molecular formula is C16H32N2O2. The summed E-state index contributed by atoms with van der Waals surface area (Å²) < 4.78 is 5.46. The molecule has 1 heterocycles. The molecule has 0 spiro atoms. The second-order valence-corrected chi connectivity index (χ2v) is 8.19. The fourth-order valence-corrected chi connectivity index (χ4v) is 2.40. The number of piperidine rings is 1. The van der Waals surface area contributed by atoms with Gasteiger partial charge in [-0.1, -0.05) is 20.8 Å². The molecule has 0 aromatic carbocycles. The van der Waals surface area contributed by atoms with Crippen molar-refractivity contribution in [3.63, 3.8) is 0 Å². The molecule has 2 unspecified atom stereocenters. The highest BCUT2D eigenvalue weighted by Gasteiger charge is 2.31. The van der Waals surface area contributed by atoms with Crippen LogP contribution in [0.4, 0.5) is 4.79 Å². The maximum absolute atomic E-state index is 12.1. The molecule has 4 nitrogen and oxygen atoms in total. The second-order valence-electron chi connectivity index (χ2n) is 8.19. The second kappa shape index (κ2) is 6.33. The highest BCUT2D eigenvalue weighted by molar-refractivity contribution is 5.68. The standard InChI is InChI=1S/C16H32N2O2/c1-12-10-13(17-11-15(2,3)4)8-9-18(12)14(19)20-16(5,6)7/h12-13,17H,8-11H2,1-7H3. The zero-order valence-electron chi connectivity index (χ0n) is 14.2. The summed E-state index contributed by atoms with van der Waals surface area (Å²) in [4.78, 5) is 14.0. The fourth-order valence-electron chi connectivity index (χ4n) is 2.40. The van der Waals surface area contributed by atoms with E-state index in [4.69, 9.17) is 4.74 Å². The Morgan fingerprint density at radius 1 is 1.25 bits per heavy atom. The number of carbonyl (C=O) groups excluding carboxylic acids is 1. The van der Waals surface area contributed by atoms with Gasteiger partial charge in [-0.25, -0.2) is 4.79 Å². The van der Waals surface area contributed by atoms with Gasteiger partial charge in [0, 0.05) is 25.2 Å². The van der Waals surface area contributed by atoms with Crippen LogP contribution in [0, 0.1) is 5.41 Å². The SMILES string of the molecule is CC1CC(NCC(C)(C)C)CCN1C(=O)OC(C)(C)C. The van der Waals surface area contributed by atoms with Gasteiger partial charge in [-0.2, -0.15) is 0 Å². The molecule has 1 rings (SSSR count). The zero-order chi connectivity index (χ0) is 15.6. The number of ether oxygens (including phenoxy) is 1. The highest BCUT2D eigenvalue weighted by Crippen LogP contribution is 2.21. The summed E-state index contributed by atoms with van der Waals surface area (Å²) in [6, 6.07) is 0.735. The third-order valence-corrected chi connectivity index (χ3v) is 3.43. The third-order valence-electron chi connectivity index (χ3n) is 3.43. The minimum Gasteiger partial charge on any atom is -0.444 e. The van der Waals surface area contributed by atoms with Crippen LogP contribution in [0.15, 0.2) is 0 Å². The number of likely N-dealkylation sites (tertiary alicyclic amines) is 1. The van der Waals surface area contributed by atoms with Crippen molar-refractivity contribution in [2.45, 2.75) is 79.0 Å². The van der Waals surface area contributed by atoms with Gasteiger partial charge in [0.1, 0.15) is 5.60 Å². The van der Waals surface area contributed by atoms with Crippen molar-refractivity contribution < 1.29 is 9.53 Å². The summed E-state index contributed by atoms with van der Waals surface area (Å²) in [6.45, 7) is 16.3. The van der Waals surface area contributed by atoms with Crippen LogP contribution >= 0.6 is 0 Å². The number of amides is 1. The maximum Gasteiger partial charge on any atom is 0.410 e. The van der Waals surface area contributed by atoms with Crippen LogP contribution in [0.1, 0.15) is 61.3 Å². The summed E-state index contributed by atoms with van der Waals surface area (Å²) in [7, 11) is 0. The molecule has 1 fully saturated rings. The van der Waals surface area contributed by atoms with Crippen molar-refractivity contribution in [1.82, 2.24) is 10.2 Å². The Morgan fingerprint density at radius 2 is 1.85 bits per heavy atom. The van der Waals surface area contributed by atoms with Gasteiger partial charge in [0.15, 0.2) is 0 Å². The third kappa shape index (κ3) is 6.12. The van der Waals surface area contributed by atoms with Gasteiger partial charge >= 0.3 is 6.09 Å². The van der Waals surface area contributed by atoms with Gasteiger partial charge in [-0.15, -0.1) is 0 Å². The van der Waals surface area contributed by atoms with Crippen LogP contribution < -0.4 is 5.32 Å². The van der Waals surface area contributed by atoms with Gasteiger partial charge in [-0.3, -0.25) is 0 Å². The van der Waals surface area contributed by atoms with E-state index in [1.165, 1.54) is 0 Å². The predicted molar refractivity (Wildman–Crippen MR) is 82.9 cm³/mol. The first kappa shape index (κ1) is 17.3. The minimum absolute atomic E-state index is 0.181. The first-order valence-corrected chi connectivity index (χ1v) is 7.71. The Morgan fingerprint density at radius 3 is 2.30 bits per heavy atom. The Bertz CT molecular complexity index is 328. The molecule has 20 heavy (non-hydrogen) atoms. The smallest absolute Gasteiger partial charge is 0.410 e. The van der Waals surface area contributed by atoms with Gasteiger partial charge in [-0.05, 0) is 46.0 Å². The van der Waals surface area contributed by atoms with Gasteiger partial charge in [0.25, 0.3) is 0 Å². The van der Waals surface area contributed by atoms with Gasteiger partial charge < -0.3 is 15.0 Å². The lowest BCUT2D eigenvalue weighted by Gasteiger charge is -2.39. The number of carbonyl (C=O) groups is 1. The van der Waals surface area contributed by atoms with Crippen LogP contribution in [0.5, 0.6) is 0 Å². The molecule has 1 amide bonds. The average molecular weight is 284 g/mol. The average Bonchev–Trinajstić information content (AvgIpc) is 2.22. The van der Waals surface area contributed by atoms with E-state index in [2.05, 4.69) is 33.0 Å². The Labute approximate surface area is 124 Å². The summed E-state index contributed by atoms with van der Waals surface area (Å²) in [5.41, 5.74) is -0.121. The molecule has 0 aromatic heterocycles. The van der Waals surface area contributed by atoms with Crippen molar-refractivity contribution in [1.29, 1.82) is 0 Å². The Kier molecular flexibility index (Phi) is 5.47. The molecule has 1 N–H and O–H groups in total. The molecular weight excluding hydrogens is 252 g/mol. The van der Waals surface area contributed by atoms with Crippen LogP contribution in [0.3, 0.4) is 0 Å². The molecule has 1 saturated heterocycles. The van der Waals surface area contributed by atoms with Crippen LogP contribution in [-0.2, 0) is 4.74 Å². The summed E-state index contributed by atoms with van der Waals surface area (Å²) >= 11 is 0. The quantitative estimate of drug-likeness (QED) is 0.845. The number of hydrogen-bond donors (Lipinski definition) is 1. The molecule has 1 aliphatic rings. The number of nitrogens with one attached hydrogen (secondary N) is 1. The molecule has 0 saturated carbocycles. The van der Waals surface area contributed by atoms with Crippen molar-refractivity contribution in [3.05, 3.63) is 0 Å². The normalized spacial score (nSPS) is 24.6. The van der Waals surface area contributed by atoms with E-state index in [9.17, 15) is 4.79 Å². The van der Waals surface area contributed by atoms with Gasteiger partial charge in [0.05, 0.1) is 0 Å². The van der Waals surface area contributed by atoms with E-state index in [-0.39, 0.29) is 12.1 Å². The van der Waals surface area contributed by atoms with E-state index in [1.54, 1.807) is 0 Å². The zero-order valence-corrected chi connectivity index (χ0v) is 14.2. The van der Waals surface area contributed by atoms with E-state index in [0.29, 0.717) is 11.5 Å². The lowest BCUT2D eigenvalue weighted by molar-refractivity contribution is 0.00909. The largest absolute Gasteiger partial charge is 0.444 e. The fraction of sp³-hybridized carbons (Fsp3) is 0.938. The monoisotopic (exact) mass is 284 g/mol. The van der Waals surface area contributed by atoms with Crippen LogP contribution in [0.25, 0.3) is 0 Å². The topological polar surface area (TPSA) is 41.6 Å². The molecule has 0 bridgehead atoms. The lowest BCUT2D eigenvalue weighted by Crippen LogP contribution is -2.51. The maximum atomic E-state index is 12.1. The molecule has 0 aliphatic carbocycles. The van der Waals surface area contributed by atoms with E-state index >= 15 is 0 Å².